The number of carbonyl (C=O) groups is 1. The number of halogens is 1. The number of carbonyl (C=O) groups excluding carboxylic acids is 1. The van der Waals surface area contributed by atoms with Gasteiger partial charge in [0, 0.05) is 23.5 Å². The monoisotopic (exact) mass is 303 g/mol. The van der Waals surface area contributed by atoms with Crippen molar-refractivity contribution in [3.8, 4) is 5.75 Å². The van der Waals surface area contributed by atoms with Crippen LogP contribution in [0.25, 0.3) is 5.78 Å². The summed E-state index contributed by atoms with van der Waals surface area (Å²) in [5, 5.41) is 15.3. The molecule has 0 bridgehead atoms. The summed E-state index contributed by atoms with van der Waals surface area (Å²) in [5.41, 5.74) is 0.285. The smallest absolute Gasteiger partial charge is 0.295 e. The highest BCUT2D eigenvalue weighted by atomic mass is 19.1. The Kier molecular flexibility index (Phi) is 3.09. The molecule has 0 saturated heterocycles. The Balaban J connectivity index is 1.93. The van der Waals surface area contributed by atoms with E-state index in [2.05, 4.69) is 20.4 Å². The summed E-state index contributed by atoms with van der Waals surface area (Å²) < 4.78 is 14.2. The second kappa shape index (κ2) is 4.95. The second-order valence-corrected chi connectivity index (χ2v) is 4.58. The molecule has 0 aliphatic carbocycles. The zero-order valence-electron chi connectivity index (χ0n) is 11.3. The van der Waals surface area contributed by atoms with Gasteiger partial charge in [0.25, 0.3) is 11.5 Å². The number of fused-ring (bicyclic) bond motifs is 1. The number of nitrogens with zero attached hydrogens (tertiary/aromatic N) is 3. The summed E-state index contributed by atoms with van der Waals surface area (Å²) in [7, 11) is 0. The van der Waals surface area contributed by atoms with Gasteiger partial charge in [-0.1, -0.05) is 0 Å². The zero-order chi connectivity index (χ0) is 15.9. The third kappa shape index (κ3) is 2.39. The van der Waals surface area contributed by atoms with Crippen LogP contribution in [-0.4, -0.2) is 30.6 Å². The average Bonchev–Trinajstić information content (AvgIpc) is 2.87. The zero-order valence-corrected chi connectivity index (χ0v) is 11.3. The number of phenols is 1. The van der Waals surface area contributed by atoms with Crippen molar-refractivity contribution in [1.29, 1.82) is 0 Å². The molecule has 3 N–H and O–H groups in total. The fraction of sp³-hybridized carbons (Fsp3) is 0.0769. The largest absolute Gasteiger partial charge is 0.505 e. The first-order valence-electron chi connectivity index (χ1n) is 6.20. The molecule has 0 atom stereocenters. The summed E-state index contributed by atoms with van der Waals surface area (Å²) >= 11 is 0. The van der Waals surface area contributed by atoms with Crippen molar-refractivity contribution in [2.45, 2.75) is 6.92 Å². The molecule has 2 aromatic heterocycles. The number of aryl methyl sites for hydroxylation is 1. The molecule has 1 aromatic carbocycles. The van der Waals surface area contributed by atoms with E-state index in [0.717, 1.165) is 16.6 Å². The molecule has 3 aromatic rings. The van der Waals surface area contributed by atoms with Crippen LogP contribution in [0, 0.1) is 12.7 Å². The lowest BCUT2D eigenvalue weighted by Gasteiger charge is -2.03. The number of rotatable bonds is 2. The molecule has 2 heterocycles. The Morgan fingerprint density at radius 2 is 2.18 bits per heavy atom. The van der Waals surface area contributed by atoms with E-state index in [4.69, 9.17) is 5.11 Å². The number of hydrogen-bond donors (Lipinski definition) is 3. The molecule has 0 radical (unpaired) electrons. The minimum Gasteiger partial charge on any atom is -0.505 e. The van der Waals surface area contributed by atoms with Crippen LogP contribution in [0.1, 0.15) is 16.3 Å². The molecule has 0 spiro atoms. The van der Waals surface area contributed by atoms with Crippen LogP contribution < -0.4 is 10.9 Å². The van der Waals surface area contributed by atoms with Gasteiger partial charge >= 0.3 is 0 Å². The highest BCUT2D eigenvalue weighted by molar-refractivity contribution is 6.01. The highest BCUT2D eigenvalue weighted by Gasteiger charge is 2.15. The summed E-state index contributed by atoms with van der Waals surface area (Å²) in [6.45, 7) is 1.68. The first kappa shape index (κ1) is 13.7. The molecule has 3 rings (SSSR count). The van der Waals surface area contributed by atoms with Crippen molar-refractivity contribution < 1.29 is 14.3 Å². The fourth-order valence-corrected chi connectivity index (χ4v) is 1.87. The van der Waals surface area contributed by atoms with E-state index in [1.54, 1.807) is 6.92 Å². The lowest BCUT2D eigenvalue weighted by Crippen LogP contribution is -2.17. The lowest BCUT2D eigenvalue weighted by molar-refractivity contribution is 0.101. The van der Waals surface area contributed by atoms with Gasteiger partial charge in [-0.25, -0.2) is 4.39 Å². The van der Waals surface area contributed by atoms with Crippen molar-refractivity contribution in [3.05, 3.63) is 52.0 Å². The van der Waals surface area contributed by atoms with E-state index in [1.807, 2.05) is 0 Å². The SMILES string of the molecule is Cc1cc(=O)n2nc(C(=O)Nc3ccc(O)c(F)c3)nc2[nH]1. The summed E-state index contributed by atoms with van der Waals surface area (Å²) in [5.74, 6) is -2.21. The Morgan fingerprint density at radius 1 is 1.41 bits per heavy atom. The standard InChI is InChI=1S/C13H10FN5O3/c1-6-4-10(21)19-13(15-6)17-11(18-19)12(22)16-7-2-3-9(20)8(14)5-7/h2-5,20H,1H3,(H,16,22)(H,15,17,18). The molecule has 0 fully saturated rings. The molecule has 0 unspecified atom stereocenters. The number of anilines is 1. The number of aromatic hydroxyl groups is 1. The minimum atomic E-state index is -0.869. The van der Waals surface area contributed by atoms with E-state index < -0.39 is 23.0 Å². The maximum atomic E-state index is 13.2. The maximum Gasteiger partial charge on any atom is 0.295 e. The number of phenolic OH excluding ortho intramolecular Hbond substituents is 1. The van der Waals surface area contributed by atoms with Gasteiger partial charge in [0.05, 0.1) is 0 Å². The Hall–Kier alpha value is -3.23. The van der Waals surface area contributed by atoms with E-state index in [-0.39, 0.29) is 17.3 Å². The molecule has 0 aliphatic rings. The van der Waals surface area contributed by atoms with E-state index in [9.17, 15) is 14.0 Å². The van der Waals surface area contributed by atoms with Gasteiger partial charge in [-0.2, -0.15) is 9.50 Å². The molecule has 0 saturated carbocycles. The summed E-state index contributed by atoms with van der Waals surface area (Å²) in [4.78, 5) is 30.4. The van der Waals surface area contributed by atoms with Gasteiger partial charge in [-0.3, -0.25) is 9.59 Å². The Bertz CT molecular complexity index is 946. The number of benzene rings is 1. The predicted octanol–water partition coefficient (Wildman–Crippen LogP) is 0.823. The normalized spacial score (nSPS) is 10.8. The predicted molar refractivity (Wildman–Crippen MR) is 74.4 cm³/mol. The quantitative estimate of drug-likeness (QED) is 0.607. The molecule has 112 valence electrons. The Labute approximate surface area is 122 Å². The molecule has 22 heavy (non-hydrogen) atoms. The van der Waals surface area contributed by atoms with Crippen LogP contribution in [0.15, 0.2) is 29.1 Å². The van der Waals surface area contributed by atoms with Crippen molar-refractivity contribution in [2.24, 2.45) is 0 Å². The van der Waals surface area contributed by atoms with E-state index in [0.29, 0.717) is 5.69 Å². The fourth-order valence-electron chi connectivity index (χ4n) is 1.87. The molecule has 9 heteroatoms. The lowest BCUT2D eigenvalue weighted by atomic mass is 10.3. The molecular formula is C13H10FN5O3. The van der Waals surface area contributed by atoms with Crippen molar-refractivity contribution in [1.82, 2.24) is 19.6 Å². The van der Waals surface area contributed by atoms with Crippen molar-refractivity contribution >= 4 is 17.4 Å². The topological polar surface area (TPSA) is 112 Å². The van der Waals surface area contributed by atoms with Crippen LogP contribution in [0.4, 0.5) is 10.1 Å². The van der Waals surface area contributed by atoms with Crippen LogP contribution in [0.2, 0.25) is 0 Å². The highest BCUT2D eigenvalue weighted by Crippen LogP contribution is 2.19. The van der Waals surface area contributed by atoms with Gasteiger partial charge in [0.2, 0.25) is 11.6 Å². The Morgan fingerprint density at radius 3 is 2.91 bits per heavy atom. The average molecular weight is 303 g/mol. The number of hydrogen-bond acceptors (Lipinski definition) is 5. The van der Waals surface area contributed by atoms with E-state index in [1.165, 1.54) is 12.1 Å². The maximum absolute atomic E-state index is 13.2. The first-order valence-corrected chi connectivity index (χ1v) is 6.20. The third-order valence-electron chi connectivity index (χ3n) is 2.87. The van der Waals surface area contributed by atoms with Gasteiger partial charge in [-0.05, 0) is 19.1 Å². The van der Waals surface area contributed by atoms with Crippen LogP contribution in [0.3, 0.4) is 0 Å². The summed E-state index contributed by atoms with van der Waals surface area (Å²) in [6, 6.07) is 4.70. The molecule has 8 nitrogen and oxygen atoms in total. The van der Waals surface area contributed by atoms with Crippen LogP contribution >= 0.6 is 0 Å². The van der Waals surface area contributed by atoms with Crippen molar-refractivity contribution in [3.63, 3.8) is 0 Å². The van der Waals surface area contributed by atoms with Crippen molar-refractivity contribution in [2.75, 3.05) is 5.32 Å². The molecule has 0 aliphatic heterocycles. The number of nitrogens with one attached hydrogen (secondary N) is 2. The number of amides is 1. The third-order valence-corrected chi connectivity index (χ3v) is 2.87. The molecular weight excluding hydrogens is 293 g/mol. The number of H-pyrrole nitrogens is 1. The van der Waals surface area contributed by atoms with Gasteiger partial charge < -0.3 is 15.4 Å². The van der Waals surface area contributed by atoms with Gasteiger partial charge in [0.1, 0.15) is 0 Å². The number of aromatic nitrogens is 4. The second-order valence-electron chi connectivity index (χ2n) is 4.58. The first-order chi connectivity index (χ1) is 10.4. The van der Waals surface area contributed by atoms with Gasteiger partial charge in [-0.15, -0.1) is 5.10 Å². The van der Waals surface area contributed by atoms with Crippen LogP contribution in [0.5, 0.6) is 5.75 Å². The summed E-state index contributed by atoms with van der Waals surface area (Å²) in [6.07, 6.45) is 0. The van der Waals surface area contributed by atoms with E-state index >= 15 is 0 Å². The minimum absolute atomic E-state index is 0.127. The molecule has 1 amide bonds. The number of aromatic amines is 1. The van der Waals surface area contributed by atoms with Crippen LogP contribution in [-0.2, 0) is 0 Å². The van der Waals surface area contributed by atoms with Gasteiger partial charge in [0.15, 0.2) is 11.6 Å².